The molecule has 0 aliphatic heterocycles. The molecule has 2 aromatic carbocycles. The number of aryl methyl sites for hydroxylation is 1. The van der Waals surface area contributed by atoms with Crippen molar-refractivity contribution in [1.82, 2.24) is 4.98 Å². The third kappa shape index (κ3) is 5.15. The summed E-state index contributed by atoms with van der Waals surface area (Å²) in [6.07, 6.45) is 1.62. The largest absolute Gasteiger partial charge is 0.354 e. The van der Waals surface area contributed by atoms with Gasteiger partial charge in [-0.15, -0.1) is 0 Å². The van der Waals surface area contributed by atoms with E-state index in [2.05, 4.69) is 20.9 Å². The standard InChI is InChI=1S/C21H20N4O2/c1-14-4-3-5-18(12-14)24-19-10-11-20(22-13-19)21(27)25-17-8-6-16(7-9-17)23-15(2)26/h3-13,24H,1-2H3,(H,23,26)(H,25,27). The van der Waals surface area contributed by atoms with Gasteiger partial charge in [0.25, 0.3) is 5.91 Å². The Morgan fingerprint density at radius 3 is 2.07 bits per heavy atom. The molecule has 0 aliphatic carbocycles. The van der Waals surface area contributed by atoms with Crippen LogP contribution in [0.3, 0.4) is 0 Å². The summed E-state index contributed by atoms with van der Waals surface area (Å²) in [5.74, 6) is -0.445. The van der Waals surface area contributed by atoms with Gasteiger partial charge in [-0.2, -0.15) is 0 Å². The molecule has 136 valence electrons. The normalized spacial score (nSPS) is 10.1. The summed E-state index contributed by atoms with van der Waals surface area (Å²) in [6, 6.07) is 18.4. The maximum absolute atomic E-state index is 12.3. The van der Waals surface area contributed by atoms with Gasteiger partial charge in [-0.25, -0.2) is 4.98 Å². The second-order valence-corrected chi connectivity index (χ2v) is 6.14. The molecule has 2 amide bonds. The molecule has 3 aromatic rings. The minimum atomic E-state index is -0.301. The molecule has 6 heteroatoms. The topological polar surface area (TPSA) is 83.1 Å². The summed E-state index contributed by atoms with van der Waals surface area (Å²) in [7, 11) is 0. The van der Waals surface area contributed by atoms with Crippen LogP contribution in [0.15, 0.2) is 66.9 Å². The number of aromatic nitrogens is 1. The molecular formula is C21H20N4O2. The van der Waals surface area contributed by atoms with Crippen molar-refractivity contribution in [2.45, 2.75) is 13.8 Å². The van der Waals surface area contributed by atoms with Gasteiger partial charge in [0, 0.05) is 24.0 Å². The van der Waals surface area contributed by atoms with Crippen LogP contribution < -0.4 is 16.0 Å². The number of carbonyl (C=O) groups is 2. The average Bonchev–Trinajstić information content (AvgIpc) is 2.63. The third-order valence-corrected chi connectivity index (χ3v) is 3.77. The SMILES string of the molecule is CC(=O)Nc1ccc(NC(=O)c2ccc(Nc3cccc(C)c3)cn2)cc1. The number of nitrogens with zero attached hydrogens (tertiary/aromatic N) is 1. The van der Waals surface area contributed by atoms with Gasteiger partial charge in [0.05, 0.1) is 11.9 Å². The van der Waals surface area contributed by atoms with Crippen molar-refractivity contribution in [2.24, 2.45) is 0 Å². The summed E-state index contributed by atoms with van der Waals surface area (Å²) in [4.78, 5) is 27.6. The van der Waals surface area contributed by atoms with Crippen molar-refractivity contribution in [3.05, 3.63) is 78.1 Å². The molecule has 0 spiro atoms. The highest BCUT2D eigenvalue weighted by Crippen LogP contribution is 2.18. The Hall–Kier alpha value is -3.67. The first-order chi connectivity index (χ1) is 13.0. The van der Waals surface area contributed by atoms with Gasteiger partial charge in [0.15, 0.2) is 0 Å². The van der Waals surface area contributed by atoms with Crippen LogP contribution in [0.2, 0.25) is 0 Å². The first-order valence-corrected chi connectivity index (χ1v) is 8.48. The number of hydrogen-bond acceptors (Lipinski definition) is 4. The van der Waals surface area contributed by atoms with Crippen molar-refractivity contribution in [3.63, 3.8) is 0 Å². The molecule has 27 heavy (non-hydrogen) atoms. The molecule has 3 N–H and O–H groups in total. The van der Waals surface area contributed by atoms with Crippen LogP contribution in [0.5, 0.6) is 0 Å². The van der Waals surface area contributed by atoms with Gasteiger partial charge in [0.1, 0.15) is 5.69 Å². The maximum Gasteiger partial charge on any atom is 0.274 e. The molecule has 0 saturated carbocycles. The third-order valence-electron chi connectivity index (χ3n) is 3.77. The van der Waals surface area contributed by atoms with E-state index in [9.17, 15) is 9.59 Å². The number of amides is 2. The molecule has 3 rings (SSSR count). The van der Waals surface area contributed by atoms with E-state index in [1.807, 2.05) is 37.3 Å². The van der Waals surface area contributed by atoms with Gasteiger partial charge in [-0.1, -0.05) is 12.1 Å². The minimum Gasteiger partial charge on any atom is -0.354 e. The molecule has 0 atom stereocenters. The molecule has 0 fully saturated rings. The number of pyridine rings is 1. The highest BCUT2D eigenvalue weighted by Gasteiger charge is 2.08. The van der Waals surface area contributed by atoms with Gasteiger partial charge in [0.2, 0.25) is 5.91 Å². The zero-order valence-electron chi connectivity index (χ0n) is 15.1. The highest BCUT2D eigenvalue weighted by atomic mass is 16.2. The predicted octanol–water partition coefficient (Wildman–Crippen LogP) is 4.34. The van der Waals surface area contributed by atoms with E-state index in [1.165, 1.54) is 6.92 Å². The summed E-state index contributed by atoms with van der Waals surface area (Å²) >= 11 is 0. The van der Waals surface area contributed by atoms with Crippen LogP contribution >= 0.6 is 0 Å². The highest BCUT2D eigenvalue weighted by molar-refractivity contribution is 6.03. The number of rotatable bonds is 5. The lowest BCUT2D eigenvalue weighted by molar-refractivity contribution is -0.114. The zero-order valence-corrected chi connectivity index (χ0v) is 15.1. The fraction of sp³-hybridized carbons (Fsp3) is 0.0952. The molecule has 0 bridgehead atoms. The Labute approximate surface area is 157 Å². The Morgan fingerprint density at radius 1 is 0.815 bits per heavy atom. The van der Waals surface area contributed by atoms with Gasteiger partial charge in [-0.05, 0) is 61.0 Å². The monoisotopic (exact) mass is 360 g/mol. The van der Waals surface area contributed by atoms with E-state index < -0.39 is 0 Å². The van der Waals surface area contributed by atoms with E-state index in [0.29, 0.717) is 17.1 Å². The zero-order chi connectivity index (χ0) is 19.2. The lowest BCUT2D eigenvalue weighted by Crippen LogP contribution is -2.13. The molecule has 0 saturated heterocycles. The molecule has 0 aliphatic rings. The Kier molecular flexibility index (Phi) is 5.47. The van der Waals surface area contributed by atoms with Gasteiger partial charge in [-0.3, -0.25) is 9.59 Å². The van der Waals surface area contributed by atoms with Crippen LogP contribution in [-0.2, 0) is 4.79 Å². The Bertz CT molecular complexity index is 951. The molecular weight excluding hydrogens is 340 g/mol. The van der Waals surface area contributed by atoms with Crippen LogP contribution in [0.1, 0.15) is 23.0 Å². The number of hydrogen-bond donors (Lipinski definition) is 3. The van der Waals surface area contributed by atoms with Crippen LogP contribution in [0, 0.1) is 6.92 Å². The van der Waals surface area contributed by atoms with E-state index in [-0.39, 0.29) is 11.8 Å². The van der Waals surface area contributed by atoms with Crippen molar-refractivity contribution >= 4 is 34.6 Å². The van der Waals surface area contributed by atoms with E-state index in [4.69, 9.17) is 0 Å². The number of anilines is 4. The Morgan fingerprint density at radius 2 is 1.48 bits per heavy atom. The van der Waals surface area contributed by atoms with Crippen molar-refractivity contribution in [2.75, 3.05) is 16.0 Å². The quantitative estimate of drug-likeness (QED) is 0.632. The van der Waals surface area contributed by atoms with Crippen LogP contribution in [0.25, 0.3) is 0 Å². The predicted molar refractivity (Wildman–Crippen MR) is 107 cm³/mol. The van der Waals surface area contributed by atoms with Crippen LogP contribution in [-0.4, -0.2) is 16.8 Å². The number of nitrogens with one attached hydrogen (secondary N) is 3. The summed E-state index contributed by atoms with van der Waals surface area (Å²) < 4.78 is 0. The lowest BCUT2D eigenvalue weighted by atomic mass is 10.2. The van der Waals surface area contributed by atoms with Gasteiger partial charge < -0.3 is 16.0 Å². The fourth-order valence-corrected chi connectivity index (χ4v) is 2.53. The van der Waals surface area contributed by atoms with Crippen molar-refractivity contribution in [1.29, 1.82) is 0 Å². The first kappa shape index (κ1) is 18.1. The molecule has 1 aromatic heterocycles. The Balaban J connectivity index is 1.62. The fourth-order valence-electron chi connectivity index (χ4n) is 2.53. The van der Waals surface area contributed by atoms with Crippen LogP contribution in [0.4, 0.5) is 22.7 Å². The molecule has 0 radical (unpaired) electrons. The summed E-state index contributed by atoms with van der Waals surface area (Å²) in [5, 5.41) is 8.71. The first-order valence-electron chi connectivity index (χ1n) is 8.48. The van der Waals surface area contributed by atoms with Crippen molar-refractivity contribution in [3.8, 4) is 0 Å². The number of carbonyl (C=O) groups excluding carboxylic acids is 2. The van der Waals surface area contributed by atoms with Gasteiger partial charge >= 0.3 is 0 Å². The number of benzene rings is 2. The molecule has 1 heterocycles. The van der Waals surface area contributed by atoms with Crippen molar-refractivity contribution < 1.29 is 9.59 Å². The smallest absolute Gasteiger partial charge is 0.274 e. The second kappa shape index (κ2) is 8.14. The average molecular weight is 360 g/mol. The van der Waals surface area contributed by atoms with E-state index >= 15 is 0 Å². The molecule has 6 nitrogen and oxygen atoms in total. The maximum atomic E-state index is 12.3. The van der Waals surface area contributed by atoms with E-state index in [0.717, 1.165) is 16.9 Å². The second-order valence-electron chi connectivity index (χ2n) is 6.14. The summed E-state index contributed by atoms with van der Waals surface area (Å²) in [6.45, 7) is 3.47. The lowest BCUT2D eigenvalue weighted by Gasteiger charge is -2.09. The summed E-state index contributed by atoms with van der Waals surface area (Å²) in [5.41, 5.74) is 4.54. The van der Waals surface area contributed by atoms with E-state index in [1.54, 1.807) is 36.5 Å². The molecule has 0 unspecified atom stereocenters. The minimum absolute atomic E-state index is 0.143.